The number of alkyl carbamates (subject to hydrolysis) is 1. The zero-order chi connectivity index (χ0) is 24.4. The molecule has 3 rings (SSSR count). The Kier molecular flexibility index (Phi) is 9.44. The highest BCUT2D eigenvalue weighted by molar-refractivity contribution is 7.11. The molecule has 1 fully saturated rings. The van der Waals surface area contributed by atoms with E-state index in [1.165, 1.54) is 11.3 Å². The Labute approximate surface area is 204 Å². The minimum absolute atomic E-state index is 0.191. The van der Waals surface area contributed by atoms with Crippen molar-refractivity contribution in [3.63, 3.8) is 0 Å². The molecule has 1 aromatic heterocycles. The van der Waals surface area contributed by atoms with E-state index in [9.17, 15) is 14.4 Å². The number of benzene rings is 1. The van der Waals surface area contributed by atoms with Crippen LogP contribution < -0.4 is 15.4 Å². The quantitative estimate of drug-likeness (QED) is 0.405. The number of unbranched alkanes of at least 4 members (excludes halogenated alkanes) is 1. The molecule has 2 N–H and O–H groups in total. The summed E-state index contributed by atoms with van der Waals surface area (Å²) in [5.41, 5.74) is 0.654. The summed E-state index contributed by atoms with van der Waals surface area (Å²) >= 11 is 1.42. The van der Waals surface area contributed by atoms with Crippen LogP contribution in [0.2, 0.25) is 0 Å². The summed E-state index contributed by atoms with van der Waals surface area (Å²) in [4.78, 5) is 42.1. The molecular weight excluding hydrogens is 454 g/mol. The first-order valence-electron chi connectivity index (χ1n) is 11.8. The van der Waals surface area contributed by atoms with Crippen molar-refractivity contribution in [3.8, 4) is 5.19 Å². The monoisotopic (exact) mass is 487 g/mol. The highest BCUT2D eigenvalue weighted by Gasteiger charge is 2.40. The van der Waals surface area contributed by atoms with E-state index in [-0.39, 0.29) is 18.1 Å². The first kappa shape index (κ1) is 25.7. The van der Waals surface area contributed by atoms with Gasteiger partial charge < -0.3 is 20.1 Å². The lowest BCUT2D eigenvalue weighted by Gasteiger charge is -2.40. The molecule has 0 spiro atoms. The van der Waals surface area contributed by atoms with E-state index in [1.54, 1.807) is 6.20 Å². The van der Waals surface area contributed by atoms with Crippen LogP contribution in [0, 0.1) is 5.41 Å². The fourth-order valence-electron chi connectivity index (χ4n) is 3.83. The molecule has 8 nitrogen and oxygen atoms in total. The lowest BCUT2D eigenvalue weighted by molar-refractivity contribution is -0.139. The number of hydrogen-bond acceptors (Lipinski definition) is 7. The Morgan fingerprint density at radius 2 is 1.91 bits per heavy atom. The number of carbonyl (C=O) groups is 3. The summed E-state index contributed by atoms with van der Waals surface area (Å²) in [7, 11) is 0. The third-order valence-corrected chi connectivity index (χ3v) is 6.84. The van der Waals surface area contributed by atoms with Gasteiger partial charge in [0.25, 0.3) is 11.1 Å². The molecule has 184 valence electrons. The molecule has 2 amide bonds. The van der Waals surface area contributed by atoms with Crippen molar-refractivity contribution in [3.05, 3.63) is 47.5 Å². The number of nitrogens with zero attached hydrogens (tertiary/aromatic N) is 1. The normalized spacial score (nSPS) is 15.9. The molecule has 0 radical (unpaired) electrons. The van der Waals surface area contributed by atoms with E-state index in [1.807, 2.05) is 49.6 Å². The standard InChI is InChI=1S/C25H33N3O5S/c1-3-4-11-20(21(29)22(30)27-18(2)19-9-6-5-7-10-19)28-23(31)32-16-25(12-8-13-25)17-33-24-26-14-15-34-24/h5-7,9-10,14-15,18,20H,3-4,8,11-13,16-17H2,1-2H3,(H,27,30)(H,28,31)/t18-,20+/m1/s1. The van der Waals surface area contributed by atoms with E-state index in [0.717, 1.165) is 31.2 Å². The van der Waals surface area contributed by atoms with Crippen LogP contribution in [0.25, 0.3) is 0 Å². The number of aromatic nitrogens is 1. The Morgan fingerprint density at radius 3 is 2.53 bits per heavy atom. The van der Waals surface area contributed by atoms with Crippen molar-refractivity contribution in [1.82, 2.24) is 15.6 Å². The van der Waals surface area contributed by atoms with Gasteiger partial charge in [-0.3, -0.25) is 9.59 Å². The Hall–Kier alpha value is -2.94. The van der Waals surface area contributed by atoms with Gasteiger partial charge in [-0.15, -0.1) is 0 Å². The Balaban J connectivity index is 1.52. The maximum Gasteiger partial charge on any atom is 0.407 e. The van der Waals surface area contributed by atoms with Crippen LogP contribution in [-0.4, -0.2) is 42.0 Å². The van der Waals surface area contributed by atoms with Gasteiger partial charge in [0.1, 0.15) is 12.6 Å². The number of ketones is 1. The molecule has 0 aliphatic heterocycles. The van der Waals surface area contributed by atoms with Crippen LogP contribution in [0.4, 0.5) is 4.79 Å². The largest absolute Gasteiger partial charge is 0.469 e. The number of thiazole rings is 1. The fourth-order valence-corrected chi connectivity index (χ4v) is 4.32. The summed E-state index contributed by atoms with van der Waals surface area (Å²) in [6, 6.07) is 8.14. The fraction of sp³-hybridized carbons (Fsp3) is 0.520. The van der Waals surface area contributed by atoms with Crippen molar-refractivity contribution in [2.24, 2.45) is 5.41 Å². The van der Waals surface area contributed by atoms with Crippen molar-refractivity contribution >= 4 is 29.1 Å². The average Bonchev–Trinajstić information content (AvgIpc) is 3.34. The van der Waals surface area contributed by atoms with Crippen LogP contribution in [0.5, 0.6) is 5.19 Å². The van der Waals surface area contributed by atoms with Gasteiger partial charge in [-0.2, -0.15) is 0 Å². The Bertz CT molecular complexity index is 931. The molecule has 1 aliphatic rings. The van der Waals surface area contributed by atoms with E-state index < -0.39 is 23.8 Å². The number of amides is 2. The third kappa shape index (κ3) is 7.28. The molecule has 0 saturated heterocycles. The molecule has 0 unspecified atom stereocenters. The van der Waals surface area contributed by atoms with Crippen molar-refractivity contribution in [1.29, 1.82) is 0 Å². The second kappa shape index (κ2) is 12.5. The highest BCUT2D eigenvalue weighted by Crippen LogP contribution is 2.41. The van der Waals surface area contributed by atoms with E-state index in [4.69, 9.17) is 9.47 Å². The van der Waals surface area contributed by atoms with Crippen molar-refractivity contribution in [2.45, 2.75) is 64.5 Å². The maximum absolute atomic E-state index is 12.8. The topological polar surface area (TPSA) is 107 Å². The first-order valence-corrected chi connectivity index (χ1v) is 12.7. The van der Waals surface area contributed by atoms with Crippen LogP contribution >= 0.6 is 11.3 Å². The van der Waals surface area contributed by atoms with Crippen LogP contribution in [0.15, 0.2) is 41.9 Å². The smallest absolute Gasteiger partial charge is 0.407 e. The number of Topliss-reactive ketones (excluding diaryl/α,β-unsaturated/α-hetero) is 1. The summed E-state index contributed by atoms with van der Waals surface area (Å²) in [5.74, 6) is -1.39. The SMILES string of the molecule is CCCC[C@H](NC(=O)OCC1(COc2nccs2)CCC1)C(=O)C(=O)N[C@H](C)c1ccccc1. The summed E-state index contributed by atoms with van der Waals surface area (Å²) < 4.78 is 11.2. The number of ether oxygens (including phenoxy) is 2. The molecule has 1 saturated carbocycles. The molecule has 2 aromatic rings. The predicted molar refractivity (Wildman–Crippen MR) is 130 cm³/mol. The molecule has 0 bridgehead atoms. The third-order valence-electron chi connectivity index (χ3n) is 6.16. The van der Waals surface area contributed by atoms with Gasteiger partial charge >= 0.3 is 6.09 Å². The average molecular weight is 488 g/mol. The minimum Gasteiger partial charge on any atom is -0.469 e. The second-order valence-electron chi connectivity index (χ2n) is 8.83. The van der Waals surface area contributed by atoms with Crippen molar-refractivity contribution < 1.29 is 23.9 Å². The van der Waals surface area contributed by atoms with Crippen LogP contribution in [0.1, 0.15) is 64.0 Å². The van der Waals surface area contributed by atoms with Gasteiger partial charge in [0.15, 0.2) is 0 Å². The van der Waals surface area contributed by atoms with Gasteiger partial charge in [-0.05, 0) is 31.7 Å². The molecule has 2 atom stereocenters. The van der Waals surface area contributed by atoms with E-state index in [2.05, 4.69) is 15.6 Å². The van der Waals surface area contributed by atoms with Gasteiger partial charge in [0.05, 0.1) is 12.6 Å². The zero-order valence-corrected chi connectivity index (χ0v) is 20.6. The lowest BCUT2D eigenvalue weighted by Crippen LogP contribution is -2.49. The molecule has 34 heavy (non-hydrogen) atoms. The molecule has 9 heteroatoms. The number of hydrogen-bond donors (Lipinski definition) is 2. The van der Waals surface area contributed by atoms with Gasteiger partial charge in [-0.1, -0.05) is 67.9 Å². The van der Waals surface area contributed by atoms with Crippen molar-refractivity contribution in [2.75, 3.05) is 13.2 Å². The molecule has 1 heterocycles. The number of rotatable bonds is 13. The summed E-state index contributed by atoms with van der Waals surface area (Å²) in [6.45, 7) is 4.41. The summed E-state index contributed by atoms with van der Waals surface area (Å²) in [5, 5.41) is 7.78. The molecule has 1 aliphatic carbocycles. The van der Waals surface area contributed by atoms with E-state index >= 15 is 0 Å². The predicted octanol–water partition coefficient (Wildman–Crippen LogP) is 4.42. The first-order chi connectivity index (χ1) is 16.4. The van der Waals surface area contributed by atoms with Crippen LogP contribution in [-0.2, 0) is 14.3 Å². The number of nitrogens with one attached hydrogen (secondary N) is 2. The second-order valence-corrected chi connectivity index (χ2v) is 9.68. The molecular formula is C25H33N3O5S. The van der Waals surface area contributed by atoms with E-state index in [0.29, 0.717) is 24.6 Å². The van der Waals surface area contributed by atoms with Gasteiger partial charge in [0, 0.05) is 17.0 Å². The maximum atomic E-state index is 12.8. The molecule has 1 aromatic carbocycles. The van der Waals surface area contributed by atoms with Gasteiger partial charge in [-0.25, -0.2) is 9.78 Å². The Morgan fingerprint density at radius 1 is 1.15 bits per heavy atom. The van der Waals surface area contributed by atoms with Gasteiger partial charge in [0.2, 0.25) is 5.78 Å². The minimum atomic E-state index is -0.931. The lowest BCUT2D eigenvalue weighted by atomic mass is 9.70. The number of carbonyl (C=O) groups excluding carboxylic acids is 3. The highest BCUT2D eigenvalue weighted by atomic mass is 32.1. The van der Waals surface area contributed by atoms with Crippen LogP contribution in [0.3, 0.4) is 0 Å². The summed E-state index contributed by atoms with van der Waals surface area (Å²) in [6.07, 6.45) is 5.72. The zero-order valence-electron chi connectivity index (χ0n) is 19.7.